The number of unbranched alkanes of at least 4 members (excludes halogenated alkanes) is 1. The van der Waals surface area contributed by atoms with Crippen molar-refractivity contribution in [1.82, 2.24) is 0 Å². The van der Waals surface area contributed by atoms with E-state index in [1.54, 1.807) is 6.07 Å². The van der Waals surface area contributed by atoms with Crippen LogP contribution in [-0.2, 0) is 15.6 Å². The number of phenols is 1. The van der Waals surface area contributed by atoms with E-state index in [1.165, 1.54) is 23.3 Å². The van der Waals surface area contributed by atoms with E-state index >= 15 is 0 Å². The molecule has 0 radical (unpaired) electrons. The summed E-state index contributed by atoms with van der Waals surface area (Å²) in [6, 6.07) is 9.90. The summed E-state index contributed by atoms with van der Waals surface area (Å²) in [5.41, 5.74) is 3.61. The average Bonchev–Trinajstić information content (AvgIpc) is 2.77. The van der Waals surface area contributed by atoms with Gasteiger partial charge < -0.3 is 14.6 Å². The van der Waals surface area contributed by atoms with Crippen molar-refractivity contribution in [3.8, 4) is 11.5 Å². The maximum absolute atomic E-state index is 12.1. The average molecular weight is 454 g/mol. The molecule has 1 atom stereocenters. The molecule has 0 heterocycles. The van der Waals surface area contributed by atoms with Crippen molar-refractivity contribution in [3.05, 3.63) is 63.6 Å². The normalized spacial score (nSPS) is 17.0. The van der Waals surface area contributed by atoms with Gasteiger partial charge in [0.1, 0.15) is 23.7 Å². The van der Waals surface area contributed by atoms with Crippen molar-refractivity contribution in [2.24, 2.45) is 5.18 Å². The van der Waals surface area contributed by atoms with Gasteiger partial charge in [-0.25, -0.2) is 4.79 Å². The maximum atomic E-state index is 12.1. The molecule has 33 heavy (non-hydrogen) atoms. The quantitative estimate of drug-likeness (QED) is 0.263. The number of nitrogens with zero attached hydrogens (tertiary/aromatic N) is 1. The van der Waals surface area contributed by atoms with Crippen molar-refractivity contribution < 1.29 is 19.4 Å². The summed E-state index contributed by atoms with van der Waals surface area (Å²) in [5.74, 6) is -0.437. The van der Waals surface area contributed by atoms with Crippen LogP contribution in [-0.4, -0.2) is 24.3 Å². The lowest BCUT2D eigenvalue weighted by atomic mass is 9.63. The highest BCUT2D eigenvalue weighted by Gasteiger charge is 2.37. The number of esters is 1. The first-order chi connectivity index (χ1) is 15.6. The van der Waals surface area contributed by atoms with E-state index in [0.717, 1.165) is 31.2 Å². The second kappa shape index (κ2) is 9.94. The van der Waals surface area contributed by atoms with Crippen molar-refractivity contribution in [1.29, 1.82) is 0 Å². The van der Waals surface area contributed by atoms with E-state index in [9.17, 15) is 14.8 Å². The van der Waals surface area contributed by atoms with Crippen LogP contribution >= 0.6 is 0 Å². The van der Waals surface area contributed by atoms with E-state index < -0.39 is 12.0 Å². The lowest BCUT2D eigenvalue weighted by Gasteiger charge is -2.42. The third-order valence-corrected chi connectivity index (χ3v) is 6.72. The number of carbonyl (C=O) groups excluding carboxylic acids is 1. The number of ether oxygens (including phenoxy) is 2. The third-order valence-electron chi connectivity index (χ3n) is 6.72. The number of fused-ring (bicyclic) bond motifs is 1. The first-order valence-electron chi connectivity index (χ1n) is 11.7. The summed E-state index contributed by atoms with van der Waals surface area (Å²) < 4.78 is 10.9. The van der Waals surface area contributed by atoms with Crippen LogP contribution in [0.3, 0.4) is 0 Å². The first-order valence-corrected chi connectivity index (χ1v) is 11.7. The van der Waals surface area contributed by atoms with Crippen LogP contribution in [0.4, 0.5) is 0 Å². The number of aromatic hydroxyl groups is 1. The Labute approximate surface area is 196 Å². The lowest BCUT2D eigenvalue weighted by molar-refractivity contribution is 0.0496. The SMILES string of the molecule is CCCCOC(=O)c1ccc(OCC(N=O)c2ccc3c(c2)C(C)(C)CCC3(C)C)cc1O. The van der Waals surface area contributed by atoms with Crippen LogP contribution in [0.2, 0.25) is 0 Å². The Balaban J connectivity index is 1.73. The fraction of sp³-hybridized carbons (Fsp3) is 0.519. The van der Waals surface area contributed by atoms with Crippen molar-refractivity contribution >= 4 is 5.97 Å². The van der Waals surface area contributed by atoms with Crippen LogP contribution in [0, 0.1) is 4.91 Å². The number of hydrogen-bond acceptors (Lipinski definition) is 6. The standard InChI is InChI=1S/C27H35NO5/c1-6-7-14-32-25(30)20-10-9-19(16-24(20)29)33-17-23(28-31)18-8-11-21-22(15-18)27(4,5)13-12-26(21,2)3/h8-11,15-16,23,29H,6-7,12-14,17H2,1-5H3. The Morgan fingerprint density at radius 3 is 2.39 bits per heavy atom. The summed E-state index contributed by atoms with van der Waals surface area (Å²) in [7, 11) is 0. The van der Waals surface area contributed by atoms with Gasteiger partial charge in [-0.15, -0.1) is 0 Å². The van der Waals surface area contributed by atoms with E-state index in [0.29, 0.717) is 12.4 Å². The second-order valence-corrected chi connectivity index (χ2v) is 10.2. The molecule has 6 heteroatoms. The molecule has 1 N–H and O–H groups in total. The molecule has 1 aliphatic carbocycles. The Morgan fingerprint density at radius 1 is 1.06 bits per heavy atom. The maximum Gasteiger partial charge on any atom is 0.341 e. The van der Waals surface area contributed by atoms with E-state index in [4.69, 9.17) is 9.47 Å². The number of phenolic OH excluding ortho intramolecular Hbond substituents is 1. The fourth-order valence-electron chi connectivity index (χ4n) is 4.34. The highest BCUT2D eigenvalue weighted by molar-refractivity contribution is 5.92. The van der Waals surface area contributed by atoms with Crippen molar-refractivity contribution in [3.63, 3.8) is 0 Å². The number of carbonyl (C=O) groups is 1. The second-order valence-electron chi connectivity index (χ2n) is 10.2. The van der Waals surface area contributed by atoms with Gasteiger partial charge in [0.05, 0.1) is 6.61 Å². The largest absolute Gasteiger partial charge is 0.507 e. The van der Waals surface area contributed by atoms with Crippen LogP contribution in [0.25, 0.3) is 0 Å². The van der Waals surface area contributed by atoms with Gasteiger partial charge in [-0.3, -0.25) is 0 Å². The third kappa shape index (κ3) is 5.55. The molecule has 1 unspecified atom stereocenters. The first kappa shape index (κ1) is 24.7. The van der Waals surface area contributed by atoms with Crippen molar-refractivity contribution in [2.75, 3.05) is 13.2 Å². The summed E-state index contributed by atoms with van der Waals surface area (Å²) in [4.78, 5) is 23.8. The molecular formula is C27H35NO5. The topological polar surface area (TPSA) is 85.2 Å². The molecule has 0 saturated carbocycles. The van der Waals surface area contributed by atoms with E-state index in [-0.39, 0.29) is 28.7 Å². The fourth-order valence-corrected chi connectivity index (χ4v) is 4.34. The van der Waals surface area contributed by atoms with Gasteiger partial charge in [0.2, 0.25) is 0 Å². The Bertz CT molecular complexity index is 1010. The molecule has 2 aromatic rings. The Hall–Kier alpha value is -2.89. The molecule has 178 valence electrons. The van der Waals surface area contributed by atoms with Gasteiger partial charge in [-0.1, -0.05) is 64.4 Å². The van der Waals surface area contributed by atoms with Gasteiger partial charge in [0, 0.05) is 6.07 Å². The molecule has 0 fully saturated rings. The summed E-state index contributed by atoms with van der Waals surface area (Å²) in [5, 5.41) is 13.5. The monoisotopic (exact) mass is 453 g/mol. The van der Waals surface area contributed by atoms with Crippen LogP contribution < -0.4 is 4.74 Å². The van der Waals surface area contributed by atoms with Crippen LogP contribution in [0.15, 0.2) is 41.6 Å². The zero-order valence-corrected chi connectivity index (χ0v) is 20.3. The molecular weight excluding hydrogens is 418 g/mol. The minimum atomic E-state index is -0.683. The molecule has 0 saturated heterocycles. The van der Waals surface area contributed by atoms with E-state index in [1.807, 2.05) is 13.0 Å². The zero-order chi connectivity index (χ0) is 24.2. The smallest absolute Gasteiger partial charge is 0.341 e. The van der Waals surface area contributed by atoms with Crippen LogP contribution in [0.1, 0.15) is 93.4 Å². The molecule has 6 nitrogen and oxygen atoms in total. The van der Waals surface area contributed by atoms with Gasteiger partial charge in [-0.05, 0) is 58.9 Å². The van der Waals surface area contributed by atoms with Gasteiger partial charge in [-0.2, -0.15) is 4.91 Å². The van der Waals surface area contributed by atoms with Gasteiger partial charge >= 0.3 is 5.97 Å². The predicted octanol–water partition coefficient (Wildman–Crippen LogP) is 6.58. The molecule has 1 aliphatic rings. The van der Waals surface area contributed by atoms with Gasteiger partial charge in [0.25, 0.3) is 0 Å². The molecule has 0 aliphatic heterocycles. The molecule has 0 bridgehead atoms. The van der Waals surface area contributed by atoms with Crippen molar-refractivity contribution in [2.45, 2.75) is 77.2 Å². The molecule has 0 amide bonds. The predicted molar refractivity (Wildman–Crippen MR) is 129 cm³/mol. The lowest BCUT2D eigenvalue weighted by Crippen LogP contribution is -2.34. The van der Waals surface area contributed by atoms with Crippen LogP contribution in [0.5, 0.6) is 11.5 Å². The molecule has 2 aromatic carbocycles. The summed E-state index contributed by atoms with van der Waals surface area (Å²) in [6.07, 6.45) is 3.89. The minimum Gasteiger partial charge on any atom is -0.507 e. The molecule has 3 rings (SSSR count). The van der Waals surface area contributed by atoms with Gasteiger partial charge in [0.15, 0.2) is 6.04 Å². The summed E-state index contributed by atoms with van der Waals surface area (Å²) >= 11 is 0. The minimum absolute atomic E-state index is 0.0303. The Morgan fingerprint density at radius 2 is 1.76 bits per heavy atom. The highest BCUT2D eigenvalue weighted by Crippen LogP contribution is 2.46. The number of benzene rings is 2. The molecule has 0 aromatic heterocycles. The Kier molecular flexibility index (Phi) is 7.45. The summed E-state index contributed by atoms with van der Waals surface area (Å²) in [6.45, 7) is 11.3. The number of rotatable bonds is 9. The highest BCUT2D eigenvalue weighted by atomic mass is 16.5. The van der Waals surface area contributed by atoms with E-state index in [2.05, 4.69) is 45.0 Å². The molecule has 0 spiro atoms. The zero-order valence-electron chi connectivity index (χ0n) is 20.3. The number of nitroso groups, excluding NO2 is 1. The number of hydrogen-bond donors (Lipinski definition) is 1.